The molecule has 2 aromatic carbocycles. The number of benzene rings is 2. The topological polar surface area (TPSA) is 79.0 Å². The van der Waals surface area contributed by atoms with Crippen molar-refractivity contribution in [1.29, 1.82) is 0 Å². The van der Waals surface area contributed by atoms with Crippen LogP contribution in [0.2, 0.25) is 5.02 Å². The summed E-state index contributed by atoms with van der Waals surface area (Å²) in [6, 6.07) is 14.4. The van der Waals surface area contributed by atoms with Gasteiger partial charge in [-0.25, -0.2) is 0 Å². The molecule has 2 aromatic rings. The van der Waals surface area contributed by atoms with Gasteiger partial charge in [0.15, 0.2) is 0 Å². The summed E-state index contributed by atoms with van der Waals surface area (Å²) in [6.45, 7) is 2.75. The second-order valence-corrected chi connectivity index (χ2v) is 8.45. The molecular formula is C22H20ClN3O4S. The predicted octanol–water partition coefficient (Wildman–Crippen LogP) is 3.85. The lowest BCUT2D eigenvalue weighted by Gasteiger charge is -2.28. The molecule has 1 N–H and O–H groups in total. The third kappa shape index (κ3) is 5.28. The van der Waals surface area contributed by atoms with Gasteiger partial charge in [-0.05, 0) is 53.7 Å². The van der Waals surface area contributed by atoms with E-state index in [1.807, 2.05) is 24.3 Å². The molecule has 4 rings (SSSR count). The van der Waals surface area contributed by atoms with Gasteiger partial charge in [-0.2, -0.15) is 0 Å². The SMILES string of the molecule is O=C(CN1C(=O)S/C(=C\c2ccc(N3CCOCC3)cc2)C1=O)Nc1cccc(Cl)c1. The Morgan fingerprint density at radius 2 is 1.87 bits per heavy atom. The molecule has 160 valence electrons. The molecule has 2 saturated heterocycles. The van der Waals surface area contributed by atoms with Crippen LogP contribution in [-0.2, 0) is 14.3 Å². The summed E-state index contributed by atoms with van der Waals surface area (Å²) >= 11 is 6.74. The van der Waals surface area contributed by atoms with Crippen molar-refractivity contribution in [2.24, 2.45) is 0 Å². The Kier molecular flexibility index (Phi) is 6.60. The standard InChI is InChI=1S/C22H20ClN3O4S/c23-16-2-1-3-17(13-16)24-20(27)14-26-21(28)19(31-22(26)29)12-15-4-6-18(7-5-15)25-8-10-30-11-9-25/h1-7,12-13H,8-11,14H2,(H,24,27)/b19-12-. The fraction of sp³-hybridized carbons (Fsp3) is 0.227. The number of carbonyl (C=O) groups is 3. The molecule has 7 nitrogen and oxygen atoms in total. The molecule has 0 bridgehead atoms. The number of amides is 3. The molecule has 3 amide bonds. The second kappa shape index (κ2) is 9.55. The number of rotatable bonds is 5. The minimum absolute atomic E-state index is 0.291. The van der Waals surface area contributed by atoms with E-state index in [0.717, 1.165) is 41.0 Å². The Balaban J connectivity index is 1.40. The second-order valence-electron chi connectivity index (χ2n) is 7.02. The van der Waals surface area contributed by atoms with Crippen LogP contribution in [0.15, 0.2) is 53.4 Å². The minimum Gasteiger partial charge on any atom is -0.378 e. The number of nitrogens with one attached hydrogen (secondary N) is 1. The van der Waals surface area contributed by atoms with E-state index >= 15 is 0 Å². The first-order valence-electron chi connectivity index (χ1n) is 9.73. The van der Waals surface area contributed by atoms with Crippen molar-refractivity contribution >= 4 is 57.9 Å². The molecule has 2 aliphatic rings. The molecule has 0 atom stereocenters. The summed E-state index contributed by atoms with van der Waals surface area (Å²) in [5, 5.41) is 2.65. The largest absolute Gasteiger partial charge is 0.378 e. The van der Waals surface area contributed by atoms with Gasteiger partial charge in [-0.3, -0.25) is 19.3 Å². The van der Waals surface area contributed by atoms with Crippen LogP contribution in [0.4, 0.5) is 16.2 Å². The van der Waals surface area contributed by atoms with Crippen LogP contribution < -0.4 is 10.2 Å². The highest BCUT2D eigenvalue weighted by Crippen LogP contribution is 2.32. The molecule has 0 unspecified atom stereocenters. The summed E-state index contributed by atoms with van der Waals surface area (Å²) < 4.78 is 5.37. The Bertz CT molecular complexity index is 1040. The molecule has 0 spiro atoms. The van der Waals surface area contributed by atoms with E-state index in [1.54, 1.807) is 30.3 Å². The summed E-state index contributed by atoms with van der Waals surface area (Å²) in [5.74, 6) is -0.950. The first-order chi connectivity index (χ1) is 15.0. The number of thioether (sulfide) groups is 1. The van der Waals surface area contributed by atoms with E-state index in [1.165, 1.54) is 0 Å². The van der Waals surface area contributed by atoms with Crippen LogP contribution in [0.25, 0.3) is 6.08 Å². The van der Waals surface area contributed by atoms with E-state index in [0.29, 0.717) is 28.8 Å². The van der Waals surface area contributed by atoms with Crippen LogP contribution in [0.5, 0.6) is 0 Å². The van der Waals surface area contributed by atoms with Crippen LogP contribution in [-0.4, -0.2) is 54.8 Å². The van der Waals surface area contributed by atoms with Gasteiger partial charge >= 0.3 is 0 Å². The highest BCUT2D eigenvalue weighted by atomic mass is 35.5. The number of nitrogens with zero attached hydrogens (tertiary/aromatic N) is 2. The van der Waals surface area contributed by atoms with Gasteiger partial charge in [0.1, 0.15) is 6.54 Å². The molecule has 0 saturated carbocycles. The van der Waals surface area contributed by atoms with E-state index in [9.17, 15) is 14.4 Å². The highest BCUT2D eigenvalue weighted by Gasteiger charge is 2.36. The molecule has 2 fully saturated rings. The first-order valence-corrected chi connectivity index (χ1v) is 10.9. The molecule has 0 radical (unpaired) electrons. The van der Waals surface area contributed by atoms with Gasteiger partial charge in [0.05, 0.1) is 18.1 Å². The zero-order chi connectivity index (χ0) is 21.8. The molecule has 0 aliphatic carbocycles. The summed E-state index contributed by atoms with van der Waals surface area (Å²) in [5.41, 5.74) is 2.40. The van der Waals surface area contributed by atoms with Crippen molar-refractivity contribution in [3.8, 4) is 0 Å². The number of carbonyl (C=O) groups excluding carboxylic acids is 3. The third-order valence-electron chi connectivity index (χ3n) is 4.85. The van der Waals surface area contributed by atoms with Crippen molar-refractivity contribution in [3.05, 3.63) is 64.0 Å². The lowest BCUT2D eigenvalue weighted by atomic mass is 10.1. The third-order valence-corrected chi connectivity index (χ3v) is 5.99. The van der Waals surface area contributed by atoms with Gasteiger partial charge in [-0.15, -0.1) is 0 Å². The molecular weight excluding hydrogens is 438 g/mol. The Morgan fingerprint density at radius 3 is 2.58 bits per heavy atom. The lowest BCUT2D eigenvalue weighted by molar-refractivity contribution is -0.127. The van der Waals surface area contributed by atoms with Gasteiger partial charge in [0.25, 0.3) is 11.1 Å². The number of imide groups is 1. The molecule has 2 heterocycles. The zero-order valence-corrected chi connectivity index (χ0v) is 18.1. The fourth-order valence-corrected chi connectivity index (χ4v) is 4.33. The minimum atomic E-state index is -0.478. The van der Waals surface area contributed by atoms with Gasteiger partial charge in [0, 0.05) is 29.5 Å². The smallest absolute Gasteiger partial charge is 0.294 e. The summed E-state index contributed by atoms with van der Waals surface area (Å²) in [4.78, 5) is 40.7. The monoisotopic (exact) mass is 457 g/mol. The average Bonchev–Trinajstić information content (AvgIpc) is 3.02. The fourth-order valence-electron chi connectivity index (χ4n) is 3.30. The first kappa shape index (κ1) is 21.4. The highest BCUT2D eigenvalue weighted by molar-refractivity contribution is 8.18. The zero-order valence-electron chi connectivity index (χ0n) is 16.5. The predicted molar refractivity (Wildman–Crippen MR) is 122 cm³/mol. The Labute approximate surface area is 189 Å². The van der Waals surface area contributed by atoms with E-state index in [4.69, 9.17) is 16.3 Å². The molecule has 9 heteroatoms. The lowest BCUT2D eigenvalue weighted by Crippen LogP contribution is -2.36. The maximum absolute atomic E-state index is 12.7. The number of morpholine rings is 1. The summed E-state index contributed by atoms with van der Waals surface area (Å²) in [6.07, 6.45) is 1.67. The van der Waals surface area contributed by atoms with Crippen molar-refractivity contribution in [2.75, 3.05) is 43.1 Å². The molecule has 2 aliphatic heterocycles. The quantitative estimate of drug-likeness (QED) is 0.687. The van der Waals surface area contributed by atoms with Gasteiger partial charge in [-0.1, -0.05) is 29.8 Å². The van der Waals surface area contributed by atoms with Crippen molar-refractivity contribution in [3.63, 3.8) is 0 Å². The number of halogens is 1. The summed E-state index contributed by atoms with van der Waals surface area (Å²) in [7, 11) is 0. The maximum Gasteiger partial charge on any atom is 0.294 e. The van der Waals surface area contributed by atoms with E-state index < -0.39 is 17.1 Å². The average molecular weight is 458 g/mol. The number of hydrogen-bond donors (Lipinski definition) is 1. The van der Waals surface area contributed by atoms with Crippen LogP contribution in [0.1, 0.15) is 5.56 Å². The van der Waals surface area contributed by atoms with E-state index in [-0.39, 0.29) is 6.54 Å². The van der Waals surface area contributed by atoms with E-state index in [2.05, 4.69) is 10.2 Å². The number of anilines is 2. The molecule has 0 aromatic heterocycles. The number of ether oxygens (including phenoxy) is 1. The van der Waals surface area contributed by atoms with Crippen molar-refractivity contribution < 1.29 is 19.1 Å². The number of hydrogen-bond acceptors (Lipinski definition) is 6. The Hall–Kier alpha value is -2.81. The van der Waals surface area contributed by atoms with Crippen LogP contribution in [0, 0.1) is 0 Å². The van der Waals surface area contributed by atoms with Gasteiger partial charge in [0.2, 0.25) is 5.91 Å². The van der Waals surface area contributed by atoms with Gasteiger partial charge < -0.3 is 15.0 Å². The maximum atomic E-state index is 12.7. The Morgan fingerprint density at radius 1 is 1.13 bits per heavy atom. The van der Waals surface area contributed by atoms with Crippen molar-refractivity contribution in [2.45, 2.75) is 0 Å². The normalized spacial score (nSPS) is 18.0. The van der Waals surface area contributed by atoms with Crippen LogP contribution >= 0.6 is 23.4 Å². The molecule has 31 heavy (non-hydrogen) atoms. The van der Waals surface area contributed by atoms with Crippen LogP contribution in [0.3, 0.4) is 0 Å². The van der Waals surface area contributed by atoms with Crippen molar-refractivity contribution in [1.82, 2.24) is 4.90 Å².